The lowest BCUT2D eigenvalue weighted by molar-refractivity contribution is -0.0815. The van der Waals surface area contributed by atoms with Crippen LogP contribution in [-0.2, 0) is 4.74 Å². The molecule has 5 nitrogen and oxygen atoms in total. The molecule has 5 heteroatoms. The fourth-order valence-electron chi connectivity index (χ4n) is 3.47. The summed E-state index contributed by atoms with van der Waals surface area (Å²) in [7, 11) is 1.89. The lowest BCUT2D eigenvalue weighted by atomic mass is 9.93. The standard InChI is InChI=1S/C16H25N3O2/c1-17-15-11-13(4-7-18-15)14-3-2-8-19(14)12-16(20)5-9-21-10-6-16/h4,7,11,14,20H,2-3,5-6,8-10,12H2,1H3,(H,17,18)/t14-/m1/s1. The zero-order valence-electron chi connectivity index (χ0n) is 12.7. The largest absolute Gasteiger partial charge is 0.388 e. The lowest BCUT2D eigenvalue weighted by Gasteiger charge is -2.37. The zero-order valence-corrected chi connectivity index (χ0v) is 12.7. The van der Waals surface area contributed by atoms with Crippen molar-refractivity contribution in [2.45, 2.75) is 37.3 Å². The number of anilines is 1. The second-order valence-corrected chi connectivity index (χ2v) is 6.19. The average Bonchev–Trinajstić information content (AvgIpc) is 2.95. The van der Waals surface area contributed by atoms with Crippen molar-refractivity contribution in [3.05, 3.63) is 23.9 Å². The molecule has 0 saturated carbocycles. The van der Waals surface area contributed by atoms with Crippen LogP contribution in [0.2, 0.25) is 0 Å². The molecule has 2 N–H and O–H groups in total. The first-order chi connectivity index (χ1) is 10.2. The lowest BCUT2D eigenvalue weighted by Crippen LogP contribution is -2.46. The third-order valence-corrected chi connectivity index (χ3v) is 4.71. The van der Waals surface area contributed by atoms with E-state index in [0.717, 1.165) is 38.2 Å². The Morgan fingerprint density at radius 1 is 1.48 bits per heavy atom. The Bertz CT molecular complexity index is 474. The van der Waals surface area contributed by atoms with Gasteiger partial charge in [0.15, 0.2) is 0 Å². The molecule has 2 aliphatic rings. The normalized spacial score (nSPS) is 25.9. The Morgan fingerprint density at radius 3 is 3.05 bits per heavy atom. The van der Waals surface area contributed by atoms with E-state index in [9.17, 15) is 5.11 Å². The molecule has 0 spiro atoms. The first kappa shape index (κ1) is 14.8. The van der Waals surface area contributed by atoms with Crippen LogP contribution in [0.25, 0.3) is 0 Å². The first-order valence-corrected chi connectivity index (χ1v) is 7.88. The fraction of sp³-hybridized carbons (Fsp3) is 0.688. The van der Waals surface area contributed by atoms with E-state index in [1.807, 2.05) is 13.2 Å². The minimum atomic E-state index is -0.584. The Morgan fingerprint density at radius 2 is 2.29 bits per heavy atom. The van der Waals surface area contributed by atoms with Gasteiger partial charge in [-0.25, -0.2) is 4.98 Å². The highest BCUT2D eigenvalue weighted by Gasteiger charge is 2.36. The Balaban J connectivity index is 1.72. The maximum atomic E-state index is 10.8. The van der Waals surface area contributed by atoms with Gasteiger partial charge >= 0.3 is 0 Å². The van der Waals surface area contributed by atoms with Gasteiger partial charge in [0.1, 0.15) is 5.82 Å². The van der Waals surface area contributed by atoms with Crippen molar-refractivity contribution in [2.75, 3.05) is 38.7 Å². The molecule has 1 atom stereocenters. The van der Waals surface area contributed by atoms with Gasteiger partial charge in [0, 0.05) is 51.9 Å². The summed E-state index contributed by atoms with van der Waals surface area (Å²) in [6.07, 6.45) is 5.69. The molecule has 0 amide bonds. The van der Waals surface area contributed by atoms with Crippen LogP contribution in [0.1, 0.15) is 37.3 Å². The van der Waals surface area contributed by atoms with Crippen LogP contribution in [0, 0.1) is 0 Å². The van der Waals surface area contributed by atoms with Crippen LogP contribution >= 0.6 is 0 Å². The monoisotopic (exact) mass is 291 g/mol. The van der Waals surface area contributed by atoms with Crippen LogP contribution in [0.5, 0.6) is 0 Å². The third-order valence-electron chi connectivity index (χ3n) is 4.71. The molecule has 1 aromatic heterocycles. The number of ether oxygens (including phenoxy) is 1. The van der Waals surface area contributed by atoms with Crippen LogP contribution in [-0.4, -0.2) is 53.9 Å². The maximum absolute atomic E-state index is 10.8. The van der Waals surface area contributed by atoms with Gasteiger partial charge < -0.3 is 15.2 Å². The highest BCUT2D eigenvalue weighted by molar-refractivity contribution is 5.38. The van der Waals surface area contributed by atoms with Crippen LogP contribution in [0.4, 0.5) is 5.82 Å². The summed E-state index contributed by atoms with van der Waals surface area (Å²) in [4.78, 5) is 6.72. The number of nitrogens with one attached hydrogen (secondary N) is 1. The molecular formula is C16H25N3O2. The van der Waals surface area contributed by atoms with E-state index in [0.29, 0.717) is 19.3 Å². The fourth-order valence-corrected chi connectivity index (χ4v) is 3.47. The summed E-state index contributed by atoms with van der Waals surface area (Å²) in [5.74, 6) is 0.907. The summed E-state index contributed by atoms with van der Waals surface area (Å²) in [6.45, 7) is 3.16. The number of aromatic nitrogens is 1. The molecule has 3 heterocycles. The summed E-state index contributed by atoms with van der Waals surface area (Å²) in [6, 6.07) is 4.61. The third kappa shape index (κ3) is 3.36. The quantitative estimate of drug-likeness (QED) is 0.886. The molecule has 1 aromatic rings. The van der Waals surface area contributed by atoms with Gasteiger partial charge in [-0.3, -0.25) is 4.90 Å². The number of rotatable bonds is 4. The van der Waals surface area contributed by atoms with E-state index < -0.39 is 5.60 Å². The first-order valence-electron chi connectivity index (χ1n) is 7.88. The molecule has 3 rings (SSSR count). The predicted octanol–water partition coefficient (Wildman–Crippen LogP) is 1.80. The predicted molar refractivity (Wildman–Crippen MR) is 82.3 cm³/mol. The van der Waals surface area contributed by atoms with E-state index in [1.54, 1.807) is 0 Å². The van der Waals surface area contributed by atoms with Gasteiger partial charge in [-0.1, -0.05) is 0 Å². The Kier molecular flexibility index (Phi) is 4.42. The van der Waals surface area contributed by atoms with Gasteiger partial charge in [0.25, 0.3) is 0 Å². The Hall–Kier alpha value is -1.17. The van der Waals surface area contributed by atoms with Crippen LogP contribution < -0.4 is 5.32 Å². The molecule has 2 aliphatic heterocycles. The molecule has 0 unspecified atom stereocenters. The highest BCUT2D eigenvalue weighted by atomic mass is 16.5. The smallest absolute Gasteiger partial charge is 0.125 e. The van der Waals surface area contributed by atoms with E-state index in [-0.39, 0.29) is 0 Å². The zero-order chi connectivity index (χ0) is 14.7. The van der Waals surface area contributed by atoms with Crippen molar-refractivity contribution >= 4 is 5.82 Å². The number of hydrogen-bond donors (Lipinski definition) is 2. The highest BCUT2D eigenvalue weighted by Crippen LogP contribution is 2.35. The van der Waals surface area contributed by atoms with Crippen molar-refractivity contribution in [2.24, 2.45) is 0 Å². The van der Waals surface area contributed by atoms with Crippen molar-refractivity contribution in [1.82, 2.24) is 9.88 Å². The van der Waals surface area contributed by atoms with E-state index in [1.165, 1.54) is 12.0 Å². The molecule has 0 aromatic carbocycles. The number of hydrogen-bond acceptors (Lipinski definition) is 5. The van der Waals surface area contributed by atoms with Crippen LogP contribution in [0.15, 0.2) is 18.3 Å². The van der Waals surface area contributed by atoms with Crippen molar-refractivity contribution in [3.63, 3.8) is 0 Å². The minimum Gasteiger partial charge on any atom is -0.388 e. The molecule has 0 aliphatic carbocycles. The van der Waals surface area contributed by atoms with E-state index >= 15 is 0 Å². The maximum Gasteiger partial charge on any atom is 0.125 e. The molecule has 2 saturated heterocycles. The number of aliphatic hydroxyl groups is 1. The molecule has 0 bridgehead atoms. The molecule has 116 valence electrons. The second-order valence-electron chi connectivity index (χ2n) is 6.19. The minimum absolute atomic E-state index is 0.395. The second kappa shape index (κ2) is 6.30. The molecule has 2 fully saturated rings. The molecular weight excluding hydrogens is 266 g/mol. The van der Waals surface area contributed by atoms with Crippen molar-refractivity contribution in [1.29, 1.82) is 0 Å². The summed E-state index contributed by atoms with van der Waals surface area (Å²) in [5.41, 5.74) is 0.710. The topological polar surface area (TPSA) is 57.6 Å². The van der Waals surface area contributed by atoms with Gasteiger partial charge in [-0.2, -0.15) is 0 Å². The van der Waals surface area contributed by atoms with Gasteiger partial charge in [0.05, 0.1) is 5.60 Å². The summed E-state index contributed by atoms with van der Waals surface area (Å²) >= 11 is 0. The van der Waals surface area contributed by atoms with E-state index in [2.05, 4.69) is 27.3 Å². The average molecular weight is 291 g/mol. The molecule has 0 radical (unpaired) electrons. The number of β-amino-alcohol motifs (C(OH)–C–C–N with tert-alkyl or cyclic N) is 1. The van der Waals surface area contributed by atoms with Gasteiger partial charge in [0.2, 0.25) is 0 Å². The van der Waals surface area contributed by atoms with Crippen molar-refractivity contribution in [3.8, 4) is 0 Å². The molecule has 21 heavy (non-hydrogen) atoms. The van der Waals surface area contributed by atoms with Gasteiger partial charge in [-0.15, -0.1) is 0 Å². The number of nitrogens with zero attached hydrogens (tertiary/aromatic N) is 2. The SMILES string of the molecule is CNc1cc([C@H]2CCCN2CC2(O)CCOCC2)ccn1. The summed E-state index contributed by atoms with van der Waals surface area (Å²) < 4.78 is 5.38. The summed E-state index contributed by atoms with van der Waals surface area (Å²) in [5, 5.41) is 13.8. The number of pyridine rings is 1. The van der Waals surface area contributed by atoms with Crippen LogP contribution in [0.3, 0.4) is 0 Å². The Labute approximate surface area is 126 Å². The van der Waals surface area contributed by atoms with E-state index in [4.69, 9.17) is 4.74 Å². The van der Waals surface area contributed by atoms with Gasteiger partial charge in [-0.05, 0) is 37.1 Å². The van der Waals surface area contributed by atoms with Crippen molar-refractivity contribution < 1.29 is 9.84 Å². The number of likely N-dealkylation sites (tertiary alicyclic amines) is 1.